The van der Waals surface area contributed by atoms with E-state index < -0.39 is 6.09 Å². The number of nitrogens with two attached hydrogens (primary N) is 1. The lowest BCUT2D eigenvalue weighted by Crippen LogP contribution is -2.16. The first-order valence-electron chi connectivity index (χ1n) is 5.86. The molecule has 0 saturated heterocycles. The molecule has 0 spiro atoms. The summed E-state index contributed by atoms with van der Waals surface area (Å²) < 4.78 is 4.71. The largest absolute Gasteiger partial charge is 0.412 e. The van der Waals surface area contributed by atoms with E-state index in [1.165, 1.54) is 11.8 Å². The van der Waals surface area contributed by atoms with Crippen molar-refractivity contribution in [3.05, 3.63) is 41.6 Å². The van der Waals surface area contributed by atoms with Crippen molar-refractivity contribution in [1.29, 1.82) is 0 Å². The van der Waals surface area contributed by atoms with Crippen molar-refractivity contribution in [2.45, 2.75) is 9.92 Å². The Morgan fingerprint density at radius 1 is 1.33 bits per heavy atom. The quantitative estimate of drug-likeness (QED) is 0.772. The summed E-state index contributed by atoms with van der Waals surface area (Å²) in [6, 6.07) is 9.31. The average Bonchev–Trinajstić information content (AvgIpc) is 2.82. The van der Waals surface area contributed by atoms with Crippen LogP contribution in [0.1, 0.15) is 0 Å². The normalized spacial score (nSPS) is 10.7. The molecule has 0 aliphatic heterocycles. The van der Waals surface area contributed by atoms with Crippen molar-refractivity contribution in [2.24, 2.45) is 5.73 Å². The number of halogens is 1. The molecule has 0 aliphatic carbocycles. The average molecular weight is 321 g/mol. The number of hydrogen-bond acceptors (Lipinski definition) is 5. The molecule has 21 heavy (non-hydrogen) atoms. The van der Waals surface area contributed by atoms with Gasteiger partial charge in [0.05, 0.1) is 16.1 Å². The third kappa shape index (κ3) is 3.26. The van der Waals surface area contributed by atoms with Gasteiger partial charge in [0.15, 0.2) is 0 Å². The van der Waals surface area contributed by atoms with E-state index in [2.05, 4.69) is 15.0 Å². The maximum atomic E-state index is 10.7. The predicted octanol–water partition coefficient (Wildman–Crippen LogP) is 3.22. The van der Waals surface area contributed by atoms with Gasteiger partial charge in [0.2, 0.25) is 0 Å². The van der Waals surface area contributed by atoms with E-state index in [0.717, 1.165) is 15.4 Å². The zero-order valence-electron chi connectivity index (χ0n) is 10.5. The molecule has 1 amide bonds. The van der Waals surface area contributed by atoms with Crippen molar-refractivity contribution in [3.63, 3.8) is 0 Å². The molecular weight excluding hydrogens is 312 g/mol. The highest BCUT2D eigenvalue weighted by atomic mass is 35.5. The third-order valence-corrected chi connectivity index (χ3v) is 3.72. The summed E-state index contributed by atoms with van der Waals surface area (Å²) in [4.78, 5) is 22.9. The van der Waals surface area contributed by atoms with Gasteiger partial charge < -0.3 is 15.5 Å². The first-order chi connectivity index (χ1) is 10.1. The van der Waals surface area contributed by atoms with E-state index in [1.54, 1.807) is 12.3 Å². The Labute approximate surface area is 128 Å². The summed E-state index contributed by atoms with van der Waals surface area (Å²) in [5.41, 5.74) is 6.37. The lowest BCUT2D eigenvalue weighted by Gasteiger charge is -2.00. The molecule has 3 aromatic rings. The smallest absolute Gasteiger partial charge is 0.376 e. The third-order valence-electron chi connectivity index (χ3n) is 2.55. The van der Waals surface area contributed by atoms with E-state index in [9.17, 15) is 4.79 Å². The predicted molar refractivity (Wildman–Crippen MR) is 79.7 cm³/mol. The van der Waals surface area contributed by atoms with Crippen LogP contribution in [0.25, 0.3) is 11.0 Å². The Bertz CT molecular complexity index is 804. The fourth-order valence-corrected chi connectivity index (χ4v) is 2.61. The van der Waals surface area contributed by atoms with Gasteiger partial charge in [-0.3, -0.25) is 0 Å². The number of amides is 1. The molecule has 6 nitrogen and oxygen atoms in total. The monoisotopic (exact) mass is 320 g/mol. The molecule has 0 bridgehead atoms. The molecule has 2 aromatic heterocycles. The van der Waals surface area contributed by atoms with Crippen LogP contribution in [0.4, 0.5) is 4.79 Å². The number of aromatic nitrogens is 3. The topological polar surface area (TPSA) is 93.9 Å². The van der Waals surface area contributed by atoms with Crippen LogP contribution in [0.15, 0.2) is 46.5 Å². The zero-order valence-corrected chi connectivity index (χ0v) is 12.1. The molecule has 0 fully saturated rings. The van der Waals surface area contributed by atoms with Gasteiger partial charge in [0, 0.05) is 11.1 Å². The van der Waals surface area contributed by atoms with Crippen molar-refractivity contribution >= 4 is 40.5 Å². The van der Waals surface area contributed by atoms with Gasteiger partial charge >= 0.3 is 12.1 Å². The number of benzene rings is 1. The van der Waals surface area contributed by atoms with E-state index in [0.29, 0.717) is 10.5 Å². The number of primary amides is 1. The number of carbonyl (C=O) groups excluding carboxylic acids is 1. The Kier molecular flexibility index (Phi) is 3.68. The van der Waals surface area contributed by atoms with Gasteiger partial charge in [-0.2, -0.15) is 4.98 Å². The van der Waals surface area contributed by atoms with Crippen LogP contribution in [0.3, 0.4) is 0 Å². The summed E-state index contributed by atoms with van der Waals surface area (Å²) in [5, 5.41) is 1.42. The van der Waals surface area contributed by atoms with E-state index in [4.69, 9.17) is 22.1 Å². The van der Waals surface area contributed by atoms with E-state index in [1.807, 2.05) is 24.3 Å². The van der Waals surface area contributed by atoms with Crippen LogP contribution in [0, 0.1) is 0 Å². The van der Waals surface area contributed by atoms with Crippen molar-refractivity contribution in [1.82, 2.24) is 15.0 Å². The molecule has 1 aromatic carbocycles. The van der Waals surface area contributed by atoms with Crippen LogP contribution in [-0.2, 0) is 0 Å². The minimum atomic E-state index is -0.908. The minimum absolute atomic E-state index is 0.0734. The molecule has 106 valence electrons. The number of H-pyrrole nitrogens is 1. The number of rotatable bonds is 3. The Balaban J connectivity index is 1.86. The fourth-order valence-electron chi connectivity index (χ4n) is 1.71. The number of nitrogens with zero attached hydrogens (tertiary/aromatic N) is 2. The number of ether oxygens (including phenoxy) is 1. The Hall–Kier alpha value is -2.25. The first-order valence-corrected chi connectivity index (χ1v) is 7.06. The van der Waals surface area contributed by atoms with Crippen LogP contribution in [0.5, 0.6) is 6.01 Å². The molecule has 0 atom stereocenters. The first kappa shape index (κ1) is 13.7. The number of carbonyl (C=O) groups is 1. The van der Waals surface area contributed by atoms with Gasteiger partial charge in [-0.05, 0) is 30.3 Å². The lowest BCUT2D eigenvalue weighted by atomic mass is 10.3. The van der Waals surface area contributed by atoms with Crippen LogP contribution in [0.2, 0.25) is 5.02 Å². The lowest BCUT2D eigenvalue weighted by molar-refractivity contribution is 0.207. The number of hydrogen-bond donors (Lipinski definition) is 2. The molecule has 3 N–H and O–H groups in total. The molecule has 0 aliphatic rings. The molecule has 8 heteroatoms. The van der Waals surface area contributed by atoms with Crippen LogP contribution >= 0.6 is 23.4 Å². The number of aromatic amines is 1. The highest BCUT2D eigenvalue weighted by Crippen LogP contribution is 2.29. The molecule has 2 heterocycles. The highest BCUT2D eigenvalue weighted by Gasteiger charge is 2.08. The molecule has 3 rings (SSSR count). The zero-order chi connectivity index (χ0) is 14.8. The number of nitrogens with one attached hydrogen (secondary N) is 1. The minimum Gasteiger partial charge on any atom is -0.376 e. The number of fused-ring (bicyclic) bond motifs is 1. The van der Waals surface area contributed by atoms with Crippen molar-refractivity contribution < 1.29 is 9.53 Å². The van der Waals surface area contributed by atoms with Crippen LogP contribution < -0.4 is 10.5 Å². The standard InChI is InChI=1S/C13H9ClN4O2S/c14-7-1-4-11(16-6-7)21-8-2-3-9-10(5-8)18-13(17-9)20-12(15)19/h1-6H,(H2,15,19)(H,17,18). The maximum absolute atomic E-state index is 10.7. The second kappa shape index (κ2) is 5.63. The van der Waals surface area contributed by atoms with Gasteiger partial charge in [-0.25, -0.2) is 9.78 Å². The summed E-state index contributed by atoms with van der Waals surface area (Å²) in [7, 11) is 0. The second-order valence-electron chi connectivity index (χ2n) is 4.06. The van der Waals surface area contributed by atoms with Gasteiger partial charge in [-0.15, -0.1) is 0 Å². The van der Waals surface area contributed by atoms with E-state index in [-0.39, 0.29) is 6.01 Å². The fraction of sp³-hybridized carbons (Fsp3) is 0. The molecular formula is C13H9ClN4O2S. The highest BCUT2D eigenvalue weighted by molar-refractivity contribution is 7.99. The SMILES string of the molecule is NC(=O)Oc1nc2cc(Sc3ccc(Cl)cn3)ccc2[nH]1. The second-order valence-corrected chi connectivity index (χ2v) is 5.59. The Morgan fingerprint density at radius 2 is 2.19 bits per heavy atom. The van der Waals surface area contributed by atoms with Crippen molar-refractivity contribution in [3.8, 4) is 6.01 Å². The Morgan fingerprint density at radius 3 is 2.90 bits per heavy atom. The molecule has 0 unspecified atom stereocenters. The summed E-state index contributed by atoms with van der Waals surface area (Å²) in [6.45, 7) is 0. The molecule has 0 radical (unpaired) electrons. The van der Waals surface area contributed by atoms with Gasteiger partial charge in [-0.1, -0.05) is 23.4 Å². The summed E-state index contributed by atoms with van der Waals surface area (Å²) in [6.07, 6.45) is 0.685. The number of pyridine rings is 1. The van der Waals surface area contributed by atoms with Gasteiger partial charge in [0.25, 0.3) is 0 Å². The summed E-state index contributed by atoms with van der Waals surface area (Å²) >= 11 is 7.28. The van der Waals surface area contributed by atoms with Gasteiger partial charge in [0.1, 0.15) is 5.03 Å². The number of imidazole rings is 1. The molecule has 0 saturated carbocycles. The van der Waals surface area contributed by atoms with E-state index >= 15 is 0 Å². The van der Waals surface area contributed by atoms with Crippen molar-refractivity contribution in [2.75, 3.05) is 0 Å². The summed E-state index contributed by atoms with van der Waals surface area (Å²) in [5.74, 6) is 0. The van der Waals surface area contributed by atoms with Crippen LogP contribution in [-0.4, -0.2) is 21.0 Å². The maximum Gasteiger partial charge on any atom is 0.412 e.